The lowest BCUT2D eigenvalue weighted by atomic mass is 9.76. The van der Waals surface area contributed by atoms with Gasteiger partial charge in [0.25, 0.3) is 0 Å². The lowest BCUT2D eigenvalue weighted by Crippen LogP contribution is -2.15. The SMILES string of the molecule is C=CCCC1CCC(CCCCC2CCC(CC/C=C/C)CC2)CC1. The van der Waals surface area contributed by atoms with Crippen molar-refractivity contribution >= 4 is 0 Å². The highest BCUT2D eigenvalue weighted by Crippen LogP contribution is 2.36. The van der Waals surface area contributed by atoms with Crippen LogP contribution in [0.1, 0.15) is 110 Å². The molecule has 0 aliphatic heterocycles. The van der Waals surface area contributed by atoms with Crippen LogP contribution in [0.25, 0.3) is 0 Å². The van der Waals surface area contributed by atoms with Crippen LogP contribution < -0.4 is 0 Å². The summed E-state index contributed by atoms with van der Waals surface area (Å²) in [6.45, 7) is 6.01. The van der Waals surface area contributed by atoms with Crippen LogP contribution >= 0.6 is 0 Å². The van der Waals surface area contributed by atoms with Crippen LogP contribution in [0.2, 0.25) is 0 Å². The standard InChI is InChI=1S/C25H44/c1-3-5-7-11-23-18-20-25(21-19-23)13-9-8-12-24-16-14-22(15-17-24)10-6-4-2/h3-5,22-25H,2,6-21H2,1H3/b5-3+. The van der Waals surface area contributed by atoms with Gasteiger partial charge < -0.3 is 0 Å². The number of rotatable bonds is 11. The van der Waals surface area contributed by atoms with Crippen molar-refractivity contribution in [3.8, 4) is 0 Å². The van der Waals surface area contributed by atoms with Crippen LogP contribution in [0.4, 0.5) is 0 Å². The maximum Gasteiger partial charge on any atom is -0.0348 e. The van der Waals surface area contributed by atoms with Crippen LogP contribution in [0, 0.1) is 23.7 Å². The third kappa shape index (κ3) is 8.61. The number of hydrogen-bond donors (Lipinski definition) is 0. The van der Waals surface area contributed by atoms with E-state index in [0.717, 1.165) is 23.7 Å². The quantitative estimate of drug-likeness (QED) is 0.260. The van der Waals surface area contributed by atoms with Crippen LogP contribution in [-0.4, -0.2) is 0 Å². The van der Waals surface area contributed by atoms with Crippen molar-refractivity contribution in [2.24, 2.45) is 23.7 Å². The number of unbranched alkanes of at least 4 members (excludes halogenated alkanes) is 1. The van der Waals surface area contributed by atoms with Gasteiger partial charge in [-0.2, -0.15) is 0 Å². The molecule has 0 spiro atoms. The molecular formula is C25H44. The number of allylic oxidation sites excluding steroid dienone is 3. The molecule has 0 unspecified atom stereocenters. The van der Waals surface area contributed by atoms with Gasteiger partial charge in [-0.3, -0.25) is 0 Å². The predicted molar refractivity (Wildman–Crippen MR) is 113 cm³/mol. The van der Waals surface area contributed by atoms with Crippen molar-refractivity contribution < 1.29 is 0 Å². The van der Waals surface area contributed by atoms with Crippen LogP contribution in [-0.2, 0) is 0 Å². The van der Waals surface area contributed by atoms with E-state index in [1.807, 2.05) is 0 Å². The fraction of sp³-hybridized carbons (Fsp3) is 0.840. The van der Waals surface area contributed by atoms with E-state index in [-0.39, 0.29) is 0 Å². The average molecular weight is 345 g/mol. The second-order valence-electron chi connectivity index (χ2n) is 9.07. The van der Waals surface area contributed by atoms with E-state index >= 15 is 0 Å². The minimum absolute atomic E-state index is 1.01. The molecule has 2 aliphatic carbocycles. The topological polar surface area (TPSA) is 0 Å². The Kier molecular flexibility index (Phi) is 10.6. The zero-order valence-electron chi connectivity index (χ0n) is 17.1. The minimum atomic E-state index is 1.01. The fourth-order valence-corrected chi connectivity index (χ4v) is 5.34. The van der Waals surface area contributed by atoms with Gasteiger partial charge in [0.05, 0.1) is 0 Å². The number of hydrogen-bond acceptors (Lipinski definition) is 0. The van der Waals surface area contributed by atoms with Crippen molar-refractivity contribution in [3.05, 3.63) is 24.8 Å². The van der Waals surface area contributed by atoms with Gasteiger partial charge in [0, 0.05) is 0 Å². The second-order valence-corrected chi connectivity index (χ2v) is 9.07. The van der Waals surface area contributed by atoms with E-state index in [9.17, 15) is 0 Å². The highest BCUT2D eigenvalue weighted by molar-refractivity contribution is 4.80. The molecule has 2 aliphatic rings. The normalized spacial score (nSPS) is 30.6. The molecule has 0 atom stereocenters. The van der Waals surface area contributed by atoms with Crippen LogP contribution in [0.5, 0.6) is 0 Å². The van der Waals surface area contributed by atoms with Crippen molar-refractivity contribution in [2.45, 2.75) is 110 Å². The Labute approximate surface area is 158 Å². The summed E-state index contributed by atoms with van der Waals surface area (Å²) in [5.41, 5.74) is 0. The third-order valence-electron chi connectivity index (χ3n) is 7.16. The van der Waals surface area contributed by atoms with Crippen molar-refractivity contribution in [1.29, 1.82) is 0 Å². The predicted octanol–water partition coefficient (Wildman–Crippen LogP) is 8.48. The Morgan fingerprint density at radius 2 is 1.04 bits per heavy atom. The van der Waals surface area contributed by atoms with E-state index in [2.05, 4.69) is 31.7 Å². The lowest BCUT2D eigenvalue weighted by molar-refractivity contribution is 0.234. The molecule has 2 saturated carbocycles. The Hall–Kier alpha value is -0.520. The zero-order valence-corrected chi connectivity index (χ0v) is 17.1. The first-order chi connectivity index (χ1) is 12.3. The molecule has 0 aromatic rings. The molecular weight excluding hydrogens is 300 g/mol. The largest absolute Gasteiger partial charge is 0.103 e. The Morgan fingerprint density at radius 3 is 1.44 bits per heavy atom. The summed E-state index contributed by atoms with van der Waals surface area (Å²) in [4.78, 5) is 0. The average Bonchev–Trinajstić information content (AvgIpc) is 2.66. The molecule has 144 valence electrons. The fourth-order valence-electron chi connectivity index (χ4n) is 5.34. The highest BCUT2D eigenvalue weighted by Gasteiger charge is 2.22. The molecule has 2 rings (SSSR count). The molecule has 25 heavy (non-hydrogen) atoms. The summed E-state index contributed by atoms with van der Waals surface area (Å²) in [5.74, 6) is 4.16. The van der Waals surface area contributed by atoms with Crippen LogP contribution in [0.3, 0.4) is 0 Å². The van der Waals surface area contributed by atoms with E-state index in [4.69, 9.17) is 0 Å². The van der Waals surface area contributed by atoms with Gasteiger partial charge in [0.1, 0.15) is 0 Å². The zero-order chi connectivity index (χ0) is 17.7. The van der Waals surface area contributed by atoms with Crippen molar-refractivity contribution in [3.63, 3.8) is 0 Å². The van der Waals surface area contributed by atoms with Crippen molar-refractivity contribution in [2.75, 3.05) is 0 Å². The molecule has 0 N–H and O–H groups in total. The Bertz CT molecular complexity index is 350. The summed E-state index contributed by atoms with van der Waals surface area (Å²) < 4.78 is 0. The first-order valence-corrected chi connectivity index (χ1v) is 11.5. The molecule has 0 aromatic carbocycles. The van der Waals surface area contributed by atoms with E-state index in [1.54, 1.807) is 0 Å². The van der Waals surface area contributed by atoms with Gasteiger partial charge in [0.2, 0.25) is 0 Å². The summed E-state index contributed by atoms with van der Waals surface area (Å²) in [6.07, 6.45) is 30.2. The molecule has 0 radical (unpaired) electrons. The lowest BCUT2D eigenvalue weighted by Gasteiger charge is -2.29. The summed E-state index contributed by atoms with van der Waals surface area (Å²) in [5, 5.41) is 0. The molecule has 0 heterocycles. The van der Waals surface area contributed by atoms with E-state index < -0.39 is 0 Å². The molecule has 0 amide bonds. The van der Waals surface area contributed by atoms with Gasteiger partial charge in [-0.25, -0.2) is 0 Å². The Balaban J connectivity index is 1.45. The molecule has 0 bridgehead atoms. The van der Waals surface area contributed by atoms with Gasteiger partial charge in [-0.15, -0.1) is 6.58 Å². The minimum Gasteiger partial charge on any atom is -0.103 e. The van der Waals surface area contributed by atoms with Crippen LogP contribution in [0.15, 0.2) is 24.8 Å². The maximum absolute atomic E-state index is 3.87. The van der Waals surface area contributed by atoms with E-state index in [1.165, 1.54) is 103 Å². The first kappa shape index (κ1) is 20.8. The molecule has 0 nitrogen and oxygen atoms in total. The smallest absolute Gasteiger partial charge is 0.0348 e. The Morgan fingerprint density at radius 1 is 0.640 bits per heavy atom. The van der Waals surface area contributed by atoms with E-state index in [0.29, 0.717) is 0 Å². The van der Waals surface area contributed by atoms with Crippen molar-refractivity contribution in [1.82, 2.24) is 0 Å². The maximum atomic E-state index is 3.87. The first-order valence-electron chi connectivity index (χ1n) is 11.5. The molecule has 0 saturated heterocycles. The summed E-state index contributed by atoms with van der Waals surface area (Å²) in [7, 11) is 0. The van der Waals surface area contributed by atoms with Gasteiger partial charge >= 0.3 is 0 Å². The van der Waals surface area contributed by atoms with Gasteiger partial charge in [-0.05, 0) is 56.3 Å². The summed E-state index contributed by atoms with van der Waals surface area (Å²) in [6, 6.07) is 0. The molecule has 0 heteroatoms. The third-order valence-corrected chi connectivity index (χ3v) is 7.16. The van der Waals surface area contributed by atoms with Gasteiger partial charge in [0.15, 0.2) is 0 Å². The monoisotopic (exact) mass is 344 g/mol. The second kappa shape index (κ2) is 12.8. The summed E-state index contributed by atoms with van der Waals surface area (Å²) >= 11 is 0. The molecule has 0 aromatic heterocycles. The highest BCUT2D eigenvalue weighted by atomic mass is 14.3. The van der Waals surface area contributed by atoms with Gasteiger partial charge in [-0.1, -0.05) is 95.3 Å². The molecule has 2 fully saturated rings.